The Balaban J connectivity index is 1.86. The summed E-state index contributed by atoms with van der Waals surface area (Å²) in [5.41, 5.74) is 0. The Morgan fingerprint density at radius 1 is 1.38 bits per heavy atom. The van der Waals surface area contributed by atoms with Gasteiger partial charge >= 0.3 is 5.97 Å². The van der Waals surface area contributed by atoms with Crippen LogP contribution < -0.4 is 5.32 Å². The zero-order chi connectivity index (χ0) is 14.8. The number of amides is 1. The molecule has 1 atom stereocenters. The van der Waals surface area contributed by atoms with Crippen LogP contribution in [-0.2, 0) is 20.9 Å². The zero-order valence-electron chi connectivity index (χ0n) is 11.6. The van der Waals surface area contributed by atoms with Gasteiger partial charge in [-0.25, -0.2) is 9.67 Å². The Labute approximate surface area is 121 Å². The third kappa shape index (κ3) is 3.05. The average molecular weight is 294 g/mol. The molecule has 21 heavy (non-hydrogen) atoms. The van der Waals surface area contributed by atoms with Crippen LogP contribution in [-0.4, -0.2) is 51.5 Å². The SMILES string of the molecule is O=C(O)Cn1nc(C2CCOCC2)nc1[C@H]1CNC(=O)C1. The minimum absolute atomic E-state index is 0.0301. The molecule has 1 aromatic rings. The van der Waals surface area contributed by atoms with Gasteiger partial charge in [-0.05, 0) is 12.8 Å². The highest BCUT2D eigenvalue weighted by Crippen LogP contribution is 2.28. The molecule has 0 unspecified atom stereocenters. The number of carboxylic acids is 1. The van der Waals surface area contributed by atoms with Crippen LogP contribution in [0.25, 0.3) is 0 Å². The highest BCUT2D eigenvalue weighted by Gasteiger charge is 2.30. The first-order valence-electron chi connectivity index (χ1n) is 7.14. The van der Waals surface area contributed by atoms with Crippen molar-refractivity contribution in [3.05, 3.63) is 11.6 Å². The Hall–Kier alpha value is -1.96. The third-order valence-corrected chi connectivity index (χ3v) is 3.93. The van der Waals surface area contributed by atoms with E-state index >= 15 is 0 Å². The zero-order valence-corrected chi connectivity index (χ0v) is 11.6. The third-order valence-electron chi connectivity index (χ3n) is 3.93. The van der Waals surface area contributed by atoms with Crippen LogP contribution in [0.2, 0.25) is 0 Å². The number of carbonyl (C=O) groups excluding carboxylic acids is 1. The molecule has 3 heterocycles. The summed E-state index contributed by atoms with van der Waals surface area (Å²) in [5.74, 6) is 0.385. The summed E-state index contributed by atoms with van der Waals surface area (Å²) in [4.78, 5) is 26.9. The molecule has 0 aromatic carbocycles. The Morgan fingerprint density at radius 2 is 2.14 bits per heavy atom. The van der Waals surface area contributed by atoms with Crippen LogP contribution >= 0.6 is 0 Å². The van der Waals surface area contributed by atoms with E-state index in [-0.39, 0.29) is 24.3 Å². The van der Waals surface area contributed by atoms with Crippen molar-refractivity contribution in [2.75, 3.05) is 19.8 Å². The van der Waals surface area contributed by atoms with Crippen molar-refractivity contribution in [1.82, 2.24) is 20.1 Å². The number of nitrogens with one attached hydrogen (secondary N) is 1. The van der Waals surface area contributed by atoms with Crippen LogP contribution in [0.5, 0.6) is 0 Å². The van der Waals surface area contributed by atoms with Gasteiger partial charge in [-0.3, -0.25) is 9.59 Å². The molecule has 0 radical (unpaired) electrons. The smallest absolute Gasteiger partial charge is 0.325 e. The van der Waals surface area contributed by atoms with E-state index in [1.165, 1.54) is 4.68 Å². The number of ether oxygens (including phenoxy) is 1. The van der Waals surface area contributed by atoms with Gasteiger partial charge in [0.25, 0.3) is 0 Å². The van der Waals surface area contributed by atoms with Crippen LogP contribution in [0.15, 0.2) is 0 Å². The molecular formula is C13H18N4O4. The summed E-state index contributed by atoms with van der Waals surface area (Å²) in [6, 6.07) is 0. The lowest BCUT2D eigenvalue weighted by Crippen LogP contribution is -2.18. The molecule has 8 heteroatoms. The molecule has 0 spiro atoms. The standard InChI is InChI=1S/C13H18N4O4/c18-10-5-9(6-14-10)13-15-12(8-1-3-21-4-2-8)16-17(13)7-11(19)20/h8-9H,1-7H2,(H,14,18)(H,19,20)/t9-/m1/s1. The fourth-order valence-electron chi connectivity index (χ4n) is 2.84. The molecule has 1 amide bonds. The predicted octanol–water partition coefficient (Wildman–Crippen LogP) is -0.140. The molecule has 0 bridgehead atoms. The summed E-state index contributed by atoms with van der Waals surface area (Å²) in [6.45, 7) is 1.62. The van der Waals surface area contributed by atoms with Crippen molar-refractivity contribution in [3.63, 3.8) is 0 Å². The number of hydrogen-bond donors (Lipinski definition) is 2. The molecule has 2 aliphatic rings. The summed E-state index contributed by atoms with van der Waals surface area (Å²) >= 11 is 0. The Morgan fingerprint density at radius 3 is 2.76 bits per heavy atom. The molecule has 1 aromatic heterocycles. The largest absolute Gasteiger partial charge is 0.480 e. The summed E-state index contributed by atoms with van der Waals surface area (Å²) in [5, 5.41) is 16.1. The molecular weight excluding hydrogens is 276 g/mol. The maximum atomic E-state index is 11.4. The number of rotatable bonds is 4. The first-order chi connectivity index (χ1) is 10.1. The molecule has 3 rings (SSSR count). The highest BCUT2D eigenvalue weighted by atomic mass is 16.5. The minimum atomic E-state index is -0.961. The van der Waals surface area contributed by atoms with Crippen molar-refractivity contribution in [2.45, 2.75) is 37.6 Å². The average Bonchev–Trinajstić information content (AvgIpc) is 3.05. The summed E-state index contributed by atoms with van der Waals surface area (Å²) < 4.78 is 6.75. The van der Waals surface area contributed by atoms with Crippen molar-refractivity contribution >= 4 is 11.9 Å². The Kier molecular flexibility index (Phi) is 3.87. The van der Waals surface area contributed by atoms with Gasteiger partial charge < -0.3 is 15.2 Å². The van der Waals surface area contributed by atoms with E-state index in [1.54, 1.807) is 0 Å². The first kappa shape index (κ1) is 14.0. The maximum Gasteiger partial charge on any atom is 0.325 e. The van der Waals surface area contributed by atoms with Gasteiger partial charge in [0, 0.05) is 38.0 Å². The molecule has 0 saturated carbocycles. The van der Waals surface area contributed by atoms with Gasteiger partial charge in [0.15, 0.2) is 5.82 Å². The van der Waals surface area contributed by atoms with Gasteiger partial charge in [-0.2, -0.15) is 5.10 Å². The van der Waals surface area contributed by atoms with Crippen molar-refractivity contribution in [1.29, 1.82) is 0 Å². The monoisotopic (exact) mass is 294 g/mol. The van der Waals surface area contributed by atoms with E-state index in [4.69, 9.17) is 9.84 Å². The number of carboxylic acid groups (broad SMARTS) is 1. The van der Waals surface area contributed by atoms with E-state index in [1.807, 2.05) is 0 Å². The molecule has 2 saturated heterocycles. The van der Waals surface area contributed by atoms with Crippen molar-refractivity contribution < 1.29 is 19.4 Å². The van der Waals surface area contributed by atoms with E-state index in [0.29, 0.717) is 37.8 Å². The van der Waals surface area contributed by atoms with Gasteiger partial charge in [0.2, 0.25) is 5.91 Å². The van der Waals surface area contributed by atoms with E-state index in [2.05, 4.69) is 15.4 Å². The normalized spacial score (nSPS) is 23.2. The molecule has 2 fully saturated rings. The number of carbonyl (C=O) groups is 2. The van der Waals surface area contributed by atoms with Crippen molar-refractivity contribution in [3.8, 4) is 0 Å². The highest BCUT2D eigenvalue weighted by molar-refractivity contribution is 5.79. The van der Waals surface area contributed by atoms with Gasteiger partial charge in [-0.15, -0.1) is 0 Å². The quantitative estimate of drug-likeness (QED) is 0.800. The maximum absolute atomic E-state index is 11.4. The van der Waals surface area contributed by atoms with Crippen LogP contribution in [0, 0.1) is 0 Å². The number of nitrogens with zero attached hydrogens (tertiary/aromatic N) is 3. The summed E-state index contributed by atoms with van der Waals surface area (Å²) in [7, 11) is 0. The minimum Gasteiger partial charge on any atom is -0.480 e. The molecule has 0 aliphatic carbocycles. The lowest BCUT2D eigenvalue weighted by Gasteiger charge is -2.18. The number of hydrogen-bond acceptors (Lipinski definition) is 5. The number of aliphatic carboxylic acids is 1. The van der Waals surface area contributed by atoms with Crippen LogP contribution in [0.3, 0.4) is 0 Å². The van der Waals surface area contributed by atoms with Gasteiger partial charge in [0.05, 0.1) is 0 Å². The lowest BCUT2D eigenvalue weighted by molar-refractivity contribution is -0.138. The first-order valence-corrected chi connectivity index (χ1v) is 7.14. The lowest BCUT2D eigenvalue weighted by atomic mass is 10.00. The van der Waals surface area contributed by atoms with E-state index < -0.39 is 5.97 Å². The molecule has 2 N–H and O–H groups in total. The fourth-order valence-corrected chi connectivity index (χ4v) is 2.84. The van der Waals surface area contributed by atoms with Gasteiger partial charge in [-0.1, -0.05) is 0 Å². The van der Waals surface area contributed by atoms with E-state index in [0.717, 1.165) is 12.8 Å². The molecule has 2 aliphatic heterocycles. The van der Waals surface area contributed by atoms with E-state index in [9.17, 15) is 9.59 Å². The topological polar surface area (TPSA) is 106 Å². The second-order valence-corrected chi connectivity index (χ2v) is 5.47. The van der Waals surface area contributed by atoms with Crippen LogP contribution in [0.4, 0.5) is 0 Å². The second-order valence-electron chi connectivity index (χ2n) is 5.47. The molecule has 114 valence electrons. The van der Waals surface area contributed by atoms with Crippen LogP contribution in [0.1, 0.15) is 42.7 Å². The fraction of sp³-hybridized carbons (Fsp3) is 0.692. The Bertz CT molecular complexity index is 550. The summed E-state index contributed by atoms with van der Waals surface area (Å²) in [6.07, 6.45) is 2.03. The second kappa shape index (κ2) is 5.80. The van der Waals surface area contributed by atoms with Gasteiger partial charge in [0.1, 0.15) is 12.4 Å². The molecule has 8 nitrogen and oxygen atoms in total. The predicted molar refractivity (Wildman–Crippen MR) is 70.8 cm³/mol. The van der Waals surface area contributed by atoms with Crippen molar-refractivity contribution in [2.24, 2.45) is 0 Å². The number of aromatic nitrogens is 3.